The average Bonchev–Trinajstić information content (AvgIpc) is 2.70. The lowest BCUT2D eigenvalue weighted by Gasteiger charge is -2.10. The summed E-state index contributed by atoms with van der Waals surface area (Å²) < 4.78 is 23.8. The SMILES string of the molecule is O=S(=O)(Cc1ccccn1)C[C@H]1CCCN1. The van der Waals surface area contributed by atoms with Gasteiger partial charge in [-0.3, -0.25) is 4.98 Å². The molecule has 1 saturated heterocycles. The number of hydrogen-bond donors (Lipinski definition) is 1. The summed E-state index contributed by atoms with van der Waals surface area (Å²) in [6.45, 7) is 0.934. The molecule has 4 nitrogen and oxygen atoms in total. The summed E-state index contributed by atoms with van der Waals surface area (Å²) in [5.74, 6) is 0.273. The number of hydrogen-bond acceptors (Lipinski definition) is 4. The summed E-state index contributed by atoms with van der Waals surface area (Å²) in [7, 11) is -3.04. The van der Waals surface area contributed by atoms with Crippen LogP contribution in [0.1, 0.15) is 18.5 Å². The predicted molar refractivity (Wildman–Crippen MR) is 62.8 cm³/mol. The van der Waals surface area contributed by atoms with E-state index >= 15 is 0 Å². The van der Waals surface area contributed by atoms with Gasteiger partial charge in [0.1, 0.15) is 0 Å². The Hall–Kier alpha value is -0.940. The number of rotatable bonds is 4. The molecule has 1 aromatic rings. The third-order valence-corrected chi connectivity index (χ3v) is 4.36. The molecule has 16 heavy (non-hydrogen) atoms. The first-order valence-corrected chi connectivity index (χ1v) is 7.31. The molecule has 0 aliphatic carbocycles. The van der Waals surface area contributed by atoms with Crippen molar-refractivity contribution in [2.75, 3.05) is 12.3 Å². The van der Waals surface area contributed by atoms with E-state index in [1.54, 1.807) is 18.3 Å². The molecule has 1 fully saturated rings. The number of sulfone groups is 1. The van der Waals surface area contributed by atoms with Gasteiger partial charge in [-0.25, -0.2) is 8.42 Å². The molecule has 0 saturated carbocycles. The van der Waals surface area contributed by atoms with Gasteiger partial charge in [0.2, 0.25) is 0 Å². The van der Waals surface area contributed by atoms with Gasteiger partial charge >= 0.3 is 0 Å². The second kappa shape index (κ2) is 4.93. The average molecular weight is 240 g/mol. The van der Waals surface area contributed by atoms with E-state index in [9.17, 15) is 8.42 Å². The fourth-order valence-corrected chi connectivity index (χ4v) is 3.61. The van der Waals surface area contributed by atoms with E-state index in [0.717, 1.165) is 19.4 Å². The Bertz CT molecular complexity index is 425. The predicted octanol–water partition coefficient (Wildman–Crippen LogP) is 0.748. The maximum atomic E-state index is 11.9. The van der Waals surface area contributed by atoms with E-state index in [4.69, 9.17) is 0 Å². The Kier molecular flexibility index (Phi) is 3.56. The van der Waals surface area contributed by atoms with Crippen molar-refractivity contribution in [3.63, 3.8) is 0 Å². The van der Waals surface area contributed by atoms with Crippen molar-refractivity contribution >= 4 is 9.84 Å². The summed E-state index contributed by atoms with van der Waals surface area (Å²) in [5, 5.41) is 3.20. The van der Waals surface area contributed by atoms with Gasteiger partial charge in [0.05, 0.1) is 17.2 Å². The molecule has 1 N–H and O–H groups in total. The highest BCUT2D eigenvalue weighted by molar-refractivity contribution is 7.90. The molecular formula is C11H16N2O2S. The highest BCUT2D eigenvalue weighted by atomic mass is 32.2. The first kappa shape index (κ1) is 11.5. The summed E-state index contributed by atoms with van der Waals surface area (Å²) in [6, 6.07) is 5.48. The molecule has 2 heterocycles. The third kappa shape index (κ3) is 3.28. The topological polar surface area (TPSA) is 59.1 Å². The molecule has 0 bridgehead atoms. The zero-order valence-corrected chi connectivity index (χ0v) is 9.91. The molecule has 0 aromatic carbocycles. The summed E-state index contributed by atoms with van der Waals surface area (Å²) in [5.41, 5.74) is 0.625. The minimum Gasteiger partial charge on any atom is -0.313 e. The van der Waals surface area contributed by atoms with E-state index < -0.39 is 9.84 Å². The highest BCUT2D eigenvalue weighted by Crippen LogP contribution is 2.11. The van der Waals surface area contributed by atoms with Gasteiger partial charge in [0.15, 0.2) is 9.84 Å². The Morgan fingerprint density at radius 1 is 1.44 bits per heavy atom. The monoisotopic (exact) mass is 240 g/mol. The van der Waals surface area contributed by atoms with Crippen LogP contribution in [0.2, 0.25) is 0 Å². The Morgan fingerprint density at radius 2 is 2.31 bits per heavy atom. The maximum absolute atomic E-state index is 11.9. The van der Waals surface area contributed by atoms with Crippen LogP contribution in [0.4, 0.5) is 0 Å². The van der Waals surface area contributed by atoms with Gasteiger partial charge in [-0.05, 0) is 31.5 Å². The number of nitrogens with zero attached hydrogens (tertiary/aromatic N) is 1. The lowest BCUT2D eigenvalue weighted by molar-refractivity contribution is 0.575. The van der Waals surface area contributed by atoms with Crippen LogP contribution >= 0.6 is 0 Å². The molecular weight excluding hydrogens is 224 g/mol. The van der Waals surface area contributed by atoms with Crippen molar-refractivity contribution in [1.29, 1.82) is 0 Å². The van der Waals surface area contributed by atoms with Crippen LogP contribution in [-0.4, -0.2) is 31.7 Å². The van der Waals surface area contributed by atoms with Crippen LogP contribution in [0.25, 0.3) is 0 Å². The van der Waals surface area contributed by atoms with Crippen LogP contribution in [-0.2, 0) is 15.6 Å². The third-order valence-electron chi connectivity index (χ3n) is 2.71. The lowest BCUT2D eigenvalue weighted by Crippen LogP contribution is -2.30. The minimum absolute atomic E-state index is 0.0476. The fraction of sp³-hybridized carbons (Fsp3) is 0.545. The van der Waals surface area contributed by atoms with Crippen molar-refractivity contribution in [2.45, 2.75) is 24.6 Å². The van der Waals surface area contributed by atoms with Crippen molar-refractivity contribution in [3.05, 3.63) is 30.1 Å². The maximum Gasteiger partial charge on any atom is 0.157 e. The quantitative estimate of drug-likeness (QED) is 0.843. The number of pyridine rings is 1. The van der Waals surface area contributed by atoms with E-state index in [0.29, 0.717) is 5.69 Å². The van der Waals surface area contributed by atoms with E-state index in [1.807, 2.05) is 6.07 Å². The van der Waals surface area contributed by atoms with Gasteiger partial charge in [-0.1, -0.05) is 6.07 Å². The largest absolute Gasteiger partial charge is 0.313 e. The van der Waals surface area contributed by atoms with Gasteiger partial charge in [-0.2, -0.15) is 0 Å². The van der Waals surface area contributed by atoms with Crippen LogP contribution in [0.15, 0.2) is 24.4 Å². The zero-order chi connectivity index (χ0) is 11.4. The van der Waals surface area contributed by atoms with Crippen LogP contribution in [0.5, 0.6) is 0 Å². The molecule has 88 valence electrons. The number of aromatic nitrogens is 1. The van der Waals surface area contributed by atoms with Crippen molar-refractivity contribution < 1.29 is 8.42 Å². The van der Waals surface area contributed by atoms with Crippen LogP contribution in [0.3, 0.4) is 0 Å². The molecule has 0 amide bonds. The zero-order valence-electron chi connectivity index (χ0n) is 9.09. The molecule has 0 unspecified atom stereocenters. The van der Waals surface area contributed by atoms with E-state index in [-0.39, 0.29) is 17.5 Å². The molecule has 5 heteroatoms. The summed E-state index contributed by atoms with van der Waals surface area (Å²) in [4.78, 5) is 4.04. The molecule has 0 spiro atoms. The molecule has 1 atom stereocenters. The van der Waals surface area contributed by atoms with E-state index in [2.05, 4.69) is 10.3 Å². The Labute approximate surface area is 96.0 Å². The molecule has 2 rings (SSSR count). The first-order chi connectivity index (χ1) is 7.66. The molecule has 1 aliphatic heterocycles. The molecule has 1 aliphatic rings. The summed E-state index contributed by atoms with van der Waals surface area (Å²) >= 11 is 0. The second-order valence-electron chi connectivity index (χ2n) is 4.17. The minimum atomic E-state index is -3.04. The van der Waals surface area contributed by atoms with Gasteiger partial charge in [0.25, 0.3) is 0 Å². The second-order valence-corrected chi connectivity index (χ2v) is 6.28. The van der Waals surface area contributed by atoms with Crippen molar-refractivity contribution in [2.24, 2.45) is 0 Å². The lowest BCUT2D eigenvalue weighted by atomic mass is 10.3. The standard InChI is InChI=1S/C11H16N2O2S/c14-16(15,9-11-5-3-7-13-11)8-10-4-1-2-6-12-10/h1-2,4,6,11,13H,3,5,7-9H2/t11-/m1/s1. The number of nitrogens with one attached hydrogen (secondary N) is 1. The highest BCUT2D eigenvalue weighted by Gasteiger charge is 2.22. The van der Waals surface area contributed by atoms with Crippen LogP contribution in [0, 0.1) is 0 Å². The van der Waals surface area contributed by atoms with Gasteiger partial charge < -0.3 is 5.32 Å². The summed E-state index contributed by atoms with van der Waals surface area (Å²) in [6.07, 6.45) is 3.66. The normalized spacial score (nSPS) is 21.1. The van der Waals surface area contributed by atoms with Crippen molar-refractivity contribution in [3.8, 4) is 0 Å². The van der Waals surface area contributed by atoms with Gasteiger partial charge in [0, 0.05) is 12.2 Å². The molecule has 0 radical (unpaired) electrons. The van der Waals surface area contributed by atoms with Crippen LogP contribution < -0.4 is 5.32 Å². The fourth-order valence-electron chi connectivity index (χ4n) is 1.97. The van der Waals surface area contributed by atoms with Gasteiger partial charge in [-0.15, -0.1) is 0 Å². The Morgan fingerprint density at radius 3 is 2.94 bits per heavy atom. The first-order valence-electron chi connectivity index (χ1n) is 5.49. The van der Waals surface area contributed by atoms with Crippen molar-refractivity contribution in [1.82, 2.24) is 10.3 Å². The smallest absolute Gasteiger partial charge is 0.157 e. The molecule has 1 aromatic heterocycles. The Balaban J connectivity index is 1.97. The van der Waals surface area contributed by atoms with E-state index in [1.165, 1.54) is 0 Å².